The molecule has 32 heavy (non-hydrogen) atoms. The number of hydrogen-bond donors (Lipinski definition) is 2. The van der Waals surface area contributed by atoms with Crippen LogP contribution in [-0.4, -0.2) is 26.6 Å². The lowest BCUT2D eigenvalue weighted by Gasteiger charge is -2.18. The number of fused-ring (bicyclic) bond motifs is 2. The molecule has 0 fully saturated rings. The highest BCUT2D eigenvalue weighted by Gasteiger charge is 2.28. The molecule has 7 nitrogen and oxygen atoms in total. The Labute approximate surface area is 189 Å². The molecule has 0 bridgehead atoms. The van der Waals surface area contributed by atoms with Gasteiger partial charge in [-0.25, -0.2) is 9.67 Å². The van der Waals surface area contributed by atoms with Gasteiger partial charge in [0.2, 0.25) is 0 Å². The minimum absolute atomic E-state index is 0.316. The first-order chi connectivity index (χ1) is 15.4. The SMILES string of the molecule is Cc1c(C(=O)Nc2sc3c(c2C(N)=O)CCC(C)C3)cnn1-c1ccc2ccccc2n1. The molecule has 4 aromatic rings. The smallest absolute Gasteiger partial charge is 0.259 e. The Morgan fingerprint density at radius 2 is 2.03 bits per heavy atom. The van der Waals surface area contributed by atoms with Crippen LogP contribution >= 0.6 is 11.3 Å². The van der Waals surface area contributed by atoms with Crippen molar-refractivity contribution < 1.29 is 9.59 Å². The third-order valence-electron chi connectivity index (χ3n) is 6.04. The normalized spacial score (nSPS) is 15.5. The first-order valence-electron chi connectivity index (χ1n) is 10.6. The van der Waals surface area contributed by atoms with Crippen molar-refractivity contribution in [1.29, 1.82) is 0 Å². The quantitative estimate of drug-likeness (QED) is 0.490. The topological polar surface area (TPSA) is 103 Å². The Balaban J connectivity index is 1.46. The van der Waals surface area contributed by atoms with E-state index in [2.05, 4.69) is 22.3 Å². The van der Waals surface area contributed by atoms with Crippen LogP contribution in [0.15, 0.2) is 42.6 Å². The van der Waals surface area contributed by atoms with E-state index in [0.717, 1.165) is 40.6 Å². The molecule has 0 saturated heterocycles. The number of aromatic nitrogens is 3. The molecule has 2 amide bonds. The second-order valence-corrected chi connectivity index (χ2v) is 9.40. The van der Waals surface area contributed by atoms with E-state index in [9.17, 15) is 9.59 Å². The summed E-state index contributed by atoms with van der Waals surface area (Å²) in [6, 6.07) is 11.7. The Morgan fingerprint density at radius 1 is 1.22 bits per heavy atom. The number of rotatable bonds is 4. The van der Waals surface area contributed by atoms with Gasteiger partial charge in [0.25, 0.3) is 11.8 Å². The van der Waals surface area contributed by atoms with Crippen molar-refractivity contribution in [2.75, 3.05) is 5.32 Å². The molecule has 162 valence electrons. The first-order valence-corrected chi connectivity index (χ1v) is 11.4. The van der Waals surface area contributed by atoms with Gasteiger partial charge in [-0.1, -0.05) is 25.1 Å². The maximum Gasteiger partial charge on any atom is 0.259 e. The van der Waals surface area contributed by atoms with E-state index in [4.69, 9.17) is 5.73 Å². The van der Waals surface area contributed by atoms with Gasteiger partial charge in [-0.3, -0.25) is 9.59 Å². The van der Waals surface area contributed by atoms with Crippen LogP contribution in [0.2, 0.25) is 0 Å². The highest BCUT2D eigenvalue weighted by atomic mass is 32.1. The standard InChI is InChI=1S/C24H23N5O2S/c1-13-7-9-16-19(11-13)32-24(21(16)22(25)30)28-23(31)17-12-26-29(14(17)2)20-10-8-15-5-3-4-6-18(15)27-20/h3-6,8,10,12-13H,7,9,11H2,1-2H3,(H2,25,30)(H,28,31). The summed E-state index contributed by atoms with van der Waals surface area (Å²) in [4.78, 5) is 31.1. The number of nitrogens with zero attached hydrogens (tertiary/aromatic N) is 3. The Kier molecular flexibility index (Phi) is 5.01. The number of pyridine rings is 1. The Morgan fingerprint density at radius 3 is 2.84 bits per heavy atom. The number of carbonyl (C=O) groups is 2. The van der Waals surface area contributed by atoms with Crippen molar-refractivity contribution in [3.63, 3.8) is 0 Å². The summed E-state index contributed by atoms with van der Waals surface area (Å²) in [5.41, 5.74) is 9.07. The zero-order valence-electron chi connectivity index (χ0n) is 17.9. The largest absolute Gasteiger partial charge is 0.365 e. The van der Waals surface area contributed by atoms with Gasteiger partial charge in [0.1, 0.15) is 5.00 Å². The van der Waals surface area contributed by atoms with Crippen molar-refractivity contribution in [2.45, 2.75) is 33.1 Å². The third-order valence-corrected chi connectivity index (χ3v) is 7.21. The van der Waals surface area contributed by atoms with Gasteiger partial charge in [-0.15, -0.1) is 11.3 Å². The van der Waals surface area contributed by atoms with Gasteiger partial charge in [0, 0.05) is 10.3 Å². The average Bonchev–Trinajstić information content (AvgIpc) is 3.33. The fourth-order valence-corrected chi connectivity index (χ4v) is 5.72. The number of thiophene rings is 1. The van der Waals surface area contributed by atoms with E-state index in [1.165, 1.54) is 17.5 Å². The minimum atomic E-state index is -0.500. The molecule has 0 aliphatic heterocycles. The van der Waals surface area contributed by atoms with Crippen LogP contribution in [0.4, 0.5) is 5.00 Å². The van der Waals surface area contributed by atoms with Gasteiger partial charge >= 0.3 is 0 Å². The summed E-state index contributed by atoms with van der Waals surface area (Å²) in [6.45, 7) is 4.03. The fraction of sp³-hybridized carbons (Fsp3) is 0.250. The molecule has 0 saturated carbocycles. The van der Waals surface area contributed by atoms with Crippen molar-refractivity contribution in [2.24, 2.45) is 11.7 Å². The number of benzene rings is 1. The summed E-state index contributed by atoms with van der Waals surface area (Å²) in [5, 5.41) is 8.88. The fourth-order valence-electron chi connectivity index (χ4n) is 4.31. The second kappa shape index (κ2) is 7.87. The van der Waals surface area contributed by atoms with Crippen molar-refractivity contribution in [3.05, 3.63) is 69.9 Å². The van der Waals surface area contributed by atoms with Crippen molar-refractivity contribution >= 4 is 39.1 Å². The van der Waals surface area contributed by atoms with E-state index < -0.39 is 5.91 Å². The molecule has 3 heterocycles. The lowest BCUT2D eigenvalue weighted by atomic mass is 9.88. The number of carbonyl (C=O) groups excluding carboxylic acids is 2. The van der Waals surface area contributed by atoms with Crippen LogP contribution in [0.25, 0.3) is 16.7 Å². The lowest BCUT2D eigenvalue weighted by Crippen LogP contribution is -2.19. The number of para-hydroxylation sites is 1. The summed E-state index contributed by atoms with van der Waals surface area (Å²) in [6.07, 6.45) is 4.26. The molecule has 8 heteroatoms. The van der Waals surface area contributed by atoms with Gasteiger partial charge < -0.3 is 11.1 Å². The maximum atomic E-state index is 13.1. The van der Waals surface area contributed by atoms with Crippen LogP contribution in [0, 0.1) is 12.8 Å². The highest BCUT2D eigenvalue weighted by molar-refractivity contribution is 7.17. The molecule has 0 radical (unpaired) electrons. The molecule has 1 aliphatic carbocycles. The van der Waals surface area contributed by atoms with Gasteiger partial charge in [0.05, 0.1) is 28.5 Å². The molecule has 1 atom stereocenters. The molecule has 1 unspecified atom stereocenters. The lowest BCUT2D eigenvalue weighted by molar-refractivity contribution is 0.1000. The van der Waals surface area contributed by atoms with Crippen LogP contribution in [-0.2, 0) is 12.8 Å². The average molecular weight is 446 g/mol. The minimum Gasteiger partial charge on any atom is -0.365 e. The van der Waals surface area contributed by atoms with E-state index in [-0.39, 0.29) is 5.91 Å². The molecule has 1 aromatic carbocycles. The first kappa shape index (κ1) is 20.4. The van der Waals surface area contributed by atoms with E-state index in [0.29, 0.717) is 33.6 Å². The summed E-state index contributed by atoms with van der Waals surface area (Å²) in [7, 11) is 0. The highest BCUT2D eigenvalue weighted by Crippen LogP contribution is 2.39. The molecule has 3 aromatic heterocycles. The van der Waals surface area contributed by atoms with Gasteiger partial charge in [0.15, 0.2) is 5.82 Å². The Bertz CT molecular complexity index is 1370. The van der Waals surface area contributed by atoms with Crippen LogP contribution in [0.5, 0.6) is 0 Å². The molecule has 5 rings (SSSR count). The summed E-state index contributed by atoms with van der Waals surface area (Å²) in [5.74, 6) is 0.378. The van der Waals surface area contributed by atoms with E-state index in [1.807, 2.05) is 43.3 Å². The molecular formula is C24H23N5O2S. The zero-order valence-corrected chi connectivity index (χ0v) is 18.7. The van der Waals surface area contributed by atoms with E-state index in [1.54, 1.807) is 4.68 Å². The molecule has 0 spiro atoms. The van der Waals surface area contributed by atoms with Gasteiger partial charge in [-0.05, 0) is 55.9 Å². The van der Waals surface area contributed by atoms with Gasteiger partial charge in [-0.2, -0.15) is 5.10 Å². The predicted octanol–water partition coefficient (Wildman–Crippen LogP) is 4.27. The van der Waals surface area contributed by atoms with Crippen LogP contribution in [0.1, 0.15) is 50.2 Å². The third kappa shape index (κ3) is 3.46. The Hall–Kier alpha value is -3.52. The molecule has 1 aliphatic rings. The monoisotopic (exact) mass is 445 g/mol. The molecular weight excluding hydrogens is 422 g/mol. The van der Waals surface area contributed by atoms with Crippen LogP contribution < -0.4 is 11.1 Å². The van der Waals surface area contributed by atoms with Crippen LogP contribution in [0.3, 0.4) is 0 Å². The number of amides is 2. The number of hydrogen-bond acceptors (Lipinski definition) is 5. The summed E-state index contributed by atoms with van der Waals surface area (Å²) >= 11 is 1.46. The van der Waals surface area contributed by atoms with E-state index >= 15 is 0 Å². The number of nitrogens with one attached hydrogen (secondary N) is 1. The second-order valence-electron chi connectivity index (χ2n) is 8.29. The number of nitrogens with two attached hydrogens (primary N) is 1. The van der Waals surface area contributed by atoms with Crippen molar-refractivity contribution in [3.8, 4) is 5.82 Å². The number of anilines is 1. The summed E-state index contributed by atoms with van der Waals surface area (Å²) < 4.78 is 1.65. The zero-order chi connectivity index (χ0) is 22.4. The van der Waals surface area contributed by atoms with Crippen molar-refractivity contribution in [1.82, 2.24) is 14.8 Å². The number of primary amides is 1. The molecule has 3 N–H and O–H groups in total. The predicted molar refractivity (Wildman–Crippen MR) is 126 cm³/mol. The maximum absolute atomic E-state index is 13.1.